The highest BCUT2D eigenvalue weighted by atomic mass is 16.5. The molecule has 1 rings (SSSR count). The number of hydrogen-bond donors (Lipinski definition) is 6. The molecule has 14 nitrogen and oxygen atoms in total. The number of nitrogens with two attached hydrogens (primary N) is 1. The third-order valence-corrected chi connectivity index (χ3v) is 7.70. The molecule has 0 bridgehead atoms. The van der Waals surface area contributed by atoms with E-state index in [1.165, 1.54) is 14.1 Å². The number of nitrogens with one attached hydrogen (secondary N) is 3. The Hall–Kier alpha value is -3.75. The molecule has 1 aromatic carbocycles. The third-order valence-electron chi connectivity index (χ3n) is 7.70. The van der Waals surface area contributed by atoms with Crippen molar-refractivity contribution in [1.82, 2.24) is 25.8 Å². The van der Waals surface area contributed by atoms with Gasteiger partial charge in [-0.05, 0) is 49.4 Å². The van der Waals surface area contributed by atoms with Crippen molar-refractivity contribution in [3.63, 3.8) is 0 Å². The highest BCUT2D eigenvalue weighted by Crippen LogP contribution is 2.18. The van der Waals surface area contributed by atoms with Crippen molar-refractivity contribution in [2.75, 3.05) is 41.5 Å². The zero-order valence-corrected chi connectivity index (χ0v) is 27.7. The Labute approximate surface area is 266 Å². The van der Waals surface area contributed by atoms with Crippen LogP contribution in [0.2, 0.25) is 0 Å². The molecule has 0 saturated carbocycles. The van der Waals surface area contributed by atoms with Gasteiger partial charge in [-0.1, -0.05) is 39.8 Å². The van der Waals surface area contributed by atoms with Gasteiger partial charge in [0.05, 0.1) is 32.4 Å². The minimum atomic E-state index is -1.31. The summed E-state index contributed by atoms with van der Waals surface area (Å²) >= 11 is 0. The van der Waals surface area contributed by atoms with E-state index in [1.807, 2.05) is 13.8 Å². The molecule has 7 N–H and O–H groups in total. The Balaban J connectivity index is 3.22. The van der Waals surface area contributed by atoms with Crippen LogP contribution in [0.3, 0.4) is 0 Å². The molecular formula is C31H52N6O8. The summed E-state index contributed by atoms with van der Waals surface area (Å²) in [5.74, 6) is -2.92. The van der Waals surface area contributed by atoms with Crippen molar-refractivity contribution >= 4 is 29.5 Å². The van der Waals surface area contributed by atoms with Crippen molar-refractivity contribution in [1.29, 1.82) is 0 Å². The van der Waals surface area contributed by atoms with Crippen LogP contribution in [0, 0.1) is 11.8 Å². The fraction of sp³-hybridized carbons (Fsp3) is 0.645. The molecule has 254 valence electrons. The Morgan fingerprint density at radius 1 is 0.867 bits per heavy atom. The second kappa shape index (κ2) is 18.9. The SMILES string of the molecule is CN[C@H](C(=O)N[C@@H](CO)C(=O)N(C)[C@H](C(=O)N(C)[C@@H](CCC(N)=O)C(=O)N[C@H](CO)Cc1ccc(OC)cc1)C(C)C)C(C)C. The van der Waals surface area contributed by atoms with Crippen LogP contribution >= 0.6 is 0 Å². The van der Waals surface area contributed by atoms with Crippen LogP contribution in [-0.2, 0) is 30.4 Å². The van der Waals surface area contributed by atoms with Crippen LogP contribution in [-0.4, -0.2) is 121 Å². The maximum Gasteiger partial charge on any atom is 0.247 e. The number of amides is 5. The topological polar surface area (TPSA) is 204 Å². The summed E-state index contributed by atoms with van der Waals surface area (Å²) in [6, 6.07) is 2.26. The van der Waals surface area contributed by atoms with Gasteiger partial charge >= 0.3 is 0 Å². The van der Waals surface area contributed by atoms with Gasteiger partial charge in [0.2, 0.25) is 29.5 Å². The molecule has 0 aromatic heterocycles. The van der Waals surface area contributed by atoms with Gasteiger partial charge in [-0.25, -0.2) is 0 Å². The van der Waals surface area contributed by atoms with Crippen molar-refractivity contribution < 1.29 is 38.9 Å². The Morgan fingerprint density at radius 3 is 1.91 bits per heavy atom. The van der Waals surface area contributed by atoms with E-state index in [0.717, 1.165) is 15.4 Å². The number of likely N-dealkylation sites (N-methyl/N-ethyl adjacent to an activating group) is 3. The van der Waals surface area contributed by atoms with E-state index in [0.29, 0.717) is 5.75 Å². The summed E-state index contributed by atoms with van der Waals surface area (Å²) in [5.41, 5.74) is 6.19. The van der Waals surface area contributed by atoms with Gasteiger partial charge in [-0.15, -0.1) is 0 Å². The lowest BCUT2D eigenvalue weighted by Crippen LogP contribution is -2.61. The number of hydrogen-bond acceptors (Lipinski definition) is 9. The van der Waals surface area contributed by atoms with E-state index in [-0.39, 0.29) is 31.8 Å². The molecule has 5 amide bonds. The number of methoxy groups -OCH3 is 1. The lowest BCUT2D eigenvalue weighted by atomic mass is 9.98. The van der Waals surface area contributed by atoms with Crippen LogP contribution in [0.4, 0.5) is 0 Å². The maximum absolute atomic E-state index is 13.9. The summed E-state index contributed by atoms with van der Waals surface area (Å²) in [6.45, 7) is 6.02. The van der Waals surface area contributed by atoms with Gasteiger partial charge in [0.1, 0.15) is 23.9 Å². The summed E-state index contributed by atoms with van der Waals surface area (Å²) in [6.07, 6.45) is 0.000466. The summed E-state index contributed by atoms with van der Waals surface area (Å²) < 4.78 is 5.17. The molecule has 14 heteroatoms. The lowest BCUT2D eigenvalue weighted by Gasteiger charge is -2.37. The van der Waals surface area contributed by atoms with Crippen LogP contribution in [0.5, 0.6) is 5.75 Å². The van der Waals surface area contributed by atoms with Gasteiger partial charge in [0.25, 0.3) is 0 Å². The van der Waals surface area contributed by atoms with Gasteiger partial charge in [0.15, 0.2) is 0 Å². The number of ether oxygens (including phenoxy) is 1. The normalized spacial score (nSPS) is 14.6. The molecular weight excluding hydrogens is 584 g/mol. The van der Waals surface area contributed by atoms with Gasteiger partial charge < -0.3 is 46.4 Å². The molecule has 0 radical (unpaired) electrons. The highest BCUT2D eigenvalue weighted by molar-refractivity contribution is 5.95. The molecule has 0 aliphatic carbocycles. The number of nitrogens with zero attached hydrogens (tertiary/aromatic N) is 2. The molecule has 0 fully saturated rings. The molecule has 0 heterocycles. The predicted octanol–water partition coefficient (Wildman–Crippen LogP) is -0.989. The zero-order chi connectivity index (χ0) is 34.4. The van der Waals surface area contributed by atoms with Crippen LogP contribution < -0.4 is 26.4 Å². The fourth-order valence-electron chi connectivity index (χ4n) is 5.14. The molecule has 0 saturated heterocycles. The van der Waals surface area contributed by atoms with E-state index < -0.39 is 72.3 Å². The van der Waals surface area contributed by atoms with E-state index in [1.54, 1.807) is 52.3 Å². The standard InChI is InChI=1S/C31H52N6O8/c1-18(2)26(33-5)29(42)35-23(17-39)30(43)37(7)27(19(3)4)31(44)36(6)24(13-14-25(32)40)28(41)34-21(16-38)15-20-9-11-22(45-8)12-10-20/h9-12,18-19,21,23-24,26-27,33,38-39H,13-17H2,1-8H3,(H2,32,40)(H,34,41)(H,35,42)/t21-,23-,24-,26-,27-/m0/s1. The predicted molar refractivity (Wildman–Crippen MR) is 169 cm³/mol. The van der Waals surface area contributed by atoms with Crippen LogP contribution in [0.15, 0.2) is 24.3 Å². The maximum atomic E-state index is 13.9. The van der Waals surface area contributed by atoms with Gasteiger partial charge in [-0.2, -0.15) is 0 Å². The number of carbonyl (C=O) groups is 5. The largest absolute Gasteiger partial charge is 0.497 e. The second-order valence-corrected chi connectivity index (χ2v) is 11.8. The van der Waals surface area contributed by atoms with Crippen molar-refractivity contribution in [3.8, 4) is 5.75 Å². The first kappa shape index (κ1) is 39.3. The number of benzene rings is 1. The van der Waals surface area contributed by atoms with Crippen LogP contribution in [0.25, 0.3) is 0 Å². The van der Waals surface area contributed by atoms with Gasteiger partial charge in [0, 0.05) is 20.5 Å². The highest BCUT2D eigenvalue weighted by Gasteiger charge is 2.39. The number of aliphatic hydroxyl groups excluding tert-OH is 2. The molecule has 1 aromatic rings. The van der Waals surface area contributed by atoms with Crippen LogP contribution in [0.1, 0.15) is 46.1 Å². The molecule has 0 spiro atoms. The molecule has 5 atom stereocenters. The molecule has 0 aliphatic heterocycles. The van der Waals surface area contributed by atoms with E-state index in [4.69, 9.17) is 10.5 Å². The van der Waals surface area contributed by atoms with E-state index in [9.17, 15) is 34.2 Å². The summed E-state index contributed by atoms with van der Waals surface area (Å²) in [4.78, 5) is 67.7. The number of primary amides is 1. The average Bonchev–Trinajstić information content (AvgIpc) is 2.99. The Morgan fingerprint density at radius 2 is 1.47 bits per heavy atom. The third kappa shape index (κ3) is 11.6. The summed E-state index contributed by atoms with van der Waals surface area (Å²) in [7, 11) is 5.94. The molecule has 45 heavy (non-hydrogen) atoms. The first-order chi connectivity index (χ1) is 21.1. The van der Waals surface area contributed by atoms with E-state index >= 15 is 0 Å². The van der Waals surface area contributed by atoms with Crippen molar-refractivity contribution in [2.45, 2.75) is 77.2 Å². The Kier molecular flexibility index (Phi) is 16.5. The lowest BCUT2D eigenvalue weighted by molar-refractivity contribution is -0.151. The second-order valence-electron chi connectivity index (χ2n) is 11.8. The van der Waals surface area contributed by atoms with Crippen molar-refractivity contribution in [3.05, 3.63) is 29.8 Å². The number of aliphatic hydroxyl groups is 2. The fourth-order valence-corrected chi connectivity index (χ4v) is 5.14. The average molecular weight is 637 g/mol. The van der Waals surface area contributed by atoms with Crippen molar-refractivity contribution in [2.24, 2.45) is 17.6 Å². The first-order valence-corrected chi connectivity index (χ1v) is 15.1. The minimum absolute atomic E-state index is 0.0917. The van der Waals surface area contributed by atoms with Gasteiger partial charge in [-0.3, -0.25) is 24.0 Å². The quantitative estimate of drug-likeness (QED) is 0.110. The smallest absolute Gasteiger partial charge is 0.247 e. The summed E-state index contributed by atoms with van der Waals surface area (Å²) in [5, 5.41) is 28.2. The monoisotopic (exact) mass is 636 g/mol. The number of rotatable bonds is 19. The molecule has 0 aliphatic rings. The first-order valence-electron chi connectivity index (χ1n) is 15.1. The van der Waals surface area contributed by atoms with E-state index in [2.05, 4.69) is 16.0 Å². The Bertz CT molecular complexity index is 1130. The molecule has 0 unspecified atom stereocenters. The zero-order valence-electron chi connectivity index (χ0n) is 27.7. The number of carbonyl (C=O) groups excluding carboxylic acids is 5. The minimum Gasteiger partial charge on any atom is -0.497 e.